The largest absolute Gasteiger partial charge is 0.326 e. The lowest BCUT2D eigenvalue weighted by molar-refractivity contribution is -0.123. The van der Waals surface area contributed by atoms with Crippen molar-refractivity contribution in [2.24, 2.45) is 5.92 Å². The Labute approximate surface area is 86.4 Å². The van der Waals surface area contributed by atoms with Gasteiger partial charge in [0.2, 0.25) is 5.91 Å². The average Bonchev–Trinajstić information content (AvgIpc) is 2.16. The molecule has 0 aromatic carbocycles. The molecule has 0 fully saturated rings. The van der Waals surface area contributed by atoms with E-state index >= 15 is 0 Å². The number of allylic oxidation sites excluding steroid dienone is 4. The molecule has 1 amide bonds. The molecule has 2 nitrogen and oxygen atoms in total. The smallest absolute Gasteiger partial charge is 0.226 e. The number of nitrogens with one attached hydrogen (secondary N) is 1. The number of carbonyl (C=O) groups excluding carboxylic acids is 1. The Morgan fingerprint density at radius 3 is 2.36 bits per heavy atom. The van der Waals surface area contributed by atoms with Crippen LogP contribution in [0.3, 0.4) is 0 Å². The minimum atomic E-state index is 0.00221. The molecule has 0 unspecified atom stereocenters. The highest BCUT2D eigenvalue weighted by molar-refractivity contribution is 5.80. The number of amides is 1. The summed E-state index contributed by atoms with van der Waals surface area (Å²) in [5, 5.41) is 2.83. The van der Waals surface area contributed by atoms with Gasteiger partial charge in [0.05, 0.1) is 0 Å². The van der Waals surface area contributed by atoms with Crippen molar-refractivity contribution in [3.63, 3.8) is 0 Å². The van der Waals surface area contributed by atoms with Gasteiger partial charge in [-0.25, -0.2) is 0 Å². The minimum Gasteiger partial charge on any atom is -0.326 e. The first-order valence-electron chi connectivity index (χ1n) is 4.79. The van der Waals surface area contributed by atoms with Gasteiger partial charge in [0.1, 0.15) is 0 Å². The first-order valence-corrected chi connectivity index (χ1v) is 4.79. The van der Waals surface area contributed by atoms with E-state index in [0.717, 1.165) is 11.3 Å². The summed E-state index contributed by atoms with van der Waals surface area (Å²) in [6.45, 7) is 11.2. The standard InChI is InChI=1S/C12H19NO/c1-6-10(5)8-11(7-2)13-12(14)9(3)4/h6-9H,1H2,2-5H3,(H,13,14)/b10-8-,11-7+. The highest BCUT2D eigenvalue weighted by Gasteiger charge is 2.06. The molecule has 0 aromatic rings. The van der Waals surface area contributed by atoms with Gasteiger partial charge in [0, 0.05) is 11.6 Å². The van der Waals surface area contributed by atoms with Crippen LogP contribution >= 0.6 is 0 Å². The normalized spacial score (nSPS) is 12.9. The van der Waals surface area contributed by atoms with Gasteiger partial charge < -0.3 is 5.32 Å². The fourth-order valence-electron chi connectivity index (χ4n) is 0.782. The zero-order valence-electron chi connectivity index (χ0n) is 9.42. The third kappa shape index (κ3) is 4.65. The molecule has 2 heteroatoms. The topological polar surface area (TPSA) is 29.1 Å². The third-order valence-electron chi connectivity index (χ3n) is 1.81. The Kier molecular flexibility index (Phi) is 5.61. The summed E-state index contributed by atoms with van der Waals surface area (Å²) >= 11 is 0. The molecule has 1 N–H and O–H groups in total. The van der Waals surface area contributed by atoms with Gasteiger partial charge in [-0.05, 0) is 25.5 Å². The molecule has 0 atom stereocenters. The van der Waals surface area contributed by atoms with Crippen LogP contribution in [0.25, 0.3) is 0 Å². The van der Waals surface area contributed by atoms with Gasteiger partial charge in [-0.3, -0.25) is 4.79 Å². The van der Waals surface area contributed by atoms with Crippen LogP contribution in [0.2, 0.25) is 0 Å². The zero-order valence-corrected chi connectivity index (χ0v) is 9.42. The Bertz CT molecular complexity index is 272. The molecule has 0 aromatic heterocycles. The van der Waals surface area contributed by atoms with Crippen molar-refractivity contribution in [1.29, 1.82) is 0 Å². The van der Waals surface area contributed by atoms with Gasteiger partial charge in [-0.15, -0.1) is 0 Å². The average molecular weight is 193 g/mol. The van der Waals surface area contributed by atoms with E-state index < -0.39 is 0 Å². The second-order valence-electron chi connectivity index (χ2n) is 3.48. The molecule has 0 heterocycles. The minimum absolute atomic E-state index is 0.00221. The fourth-order valence-corrected chi connectivity index (χ4v) is 0.782. The van der Waals surface area contributed by atoms with E-state index in [-0.39, 0.29) is 11.8 Å². The second-order valence-corrected chi connectivity index (χ2v) is 3.48. The molecule has 0 saturated heterocycles. The first-order chi connectivity index (χ1) is 6.51. The van der Waals surface area contributed by atoms with Crippen LogP contribution in [0.4, 0.5) is 0 Å². The van der Waals surface area contributed by atoms with E-state index in [4.69, 9.17) is 0 Å². The van der Waals surface area contributed by atoms with Crippen molar-refractivity contribution >= 4 is 5.91 Å². The Hall–Kier alpha value is -1.31. The number of carbonyl (C=O) groups is 1. The highest BCUT2D eigenvalue weighted by atomic mass is 16.1. The van der Waals surface area contributed by atoms with E-state index in [1.54, 1.807) is 6.08 Å². The molecule has 14 heavy (non-hydrogen) atoms. The SMILES string of the molecule is C=C/C(C)=C\C(=C/C)NC(=O)C(C)C. The molecule has 0 aliphatic heterocycles. The van der Waals surface area contributed by atoms with E-state index in [9.17, 15) is 4.79 Å². The summed E-state index contributed by atoms with van der Waals surface area (Å²) in [5.74, 6) is 0.0357. The molecular weight excluding hydrogens is 174 g/mol. The van der Waals surface area contributed by atoms with E-state index in [1.807, 2.05) is 39.8 Å². The maximum absolute atomic E-state index is 11.4. The molecule has 0 radical (unpaired) electrons. The van der Waals surface area contributed by atoms with Crippen molar-refractivity contribution in [3.8, 4) is 0 Å². The Morgan fingerprint density at radius 2 is 2.00 bits per heavy atom. The van der Waals surface area contributed by atoms with Gasteiger partial charge in [-0.2, -0.15) is 0 Å². The number of hydrogen-bond donors (Lipinski definition) is 1. The van der Waals surface area contributed by atoms with Crippen LogP contribution in [-0.4, -0.2) is 5.91 Å². The summed E-state index contributed by atoms with van der Waals surface area (Å²) in [6, 6.07) is 0. The molecule has 0 bridgehead atoms. The van der Waals surface area contributed by atoms with E-state index in [0.29, 0.717) is 0 Å². The van der Waals surface area contributed by atoms with Crippen molar-refractivity contribution in [2.75, 3.05) is 0 Å². The third-order valence-corrected chi connectivity index (χ3v) is 1.81. The van der Waals surface area contributed by atoms with Crippen molar-refractivity contribution in [3.05, 3.63) is 36.1 Å². The predicted octanol–water partition coefficient (Wildman–Crippen LogP) is 2.79. The van der Waals surface area contributed by atoms with Crippen LogP contribution in [0.1, 0.15) is 27.7 Å². The van der Waals surface area contributed by atoms with Gasteiger partial charge >= 0.3 is 0 Å². The maximum Gasteiger partial charge on any atom is 0.226 e. The Balaban J connectivity index is 4.48. The van der Waals surface area contributed by atoms with Crippen LogP contribution in [-0.2, 0) is 4.79 Å². The summed E-state index contributed by atoms with van der Waals surface area (Å²) in [6.07, 6.45) is 5.52. The summed E-state index contributed by atoms with van der Waals surface area (Å²) < 4.78 is 0. The highest BCUT2D eigenvalue weighted by Crippen LogP contribution is 2.02. The van der Waals surface area contributed by atoms with Crippen LogP contribution in [0.15, 0.2) is 36.1 Å². The van der Waals surface area contributed by atoms with Crippen LogP contribution in [0, 0.1) is 5.92 Å². The maximum atomic E-state index is 11.4. The Morgan fingerprint density at radius 1 is 1.43 bits per heavy atom. The van der Waals surface area contributed by atoms with Crippen molar-refractivity contribution in [1.82, 2.24) is 5.32 Å². The molecule has 0 aliphatic carbocycles. The monoisotopic (exact) mass is 193 g/mol. The van der Waals surface area contributed by atoms with Gasteiger partial charge in [0.15, 0.2) is 0 Å². The van der Waals surface area contributed by atoms with Gasteiger partial charge in [0.25, 0.3) is 0 Å². The van der Waals surface area contributed by atoms with E-state index in [1.165, 1.54) is 0 Å². The molecule has 0 spiro atoms. The lowest BCUT2D eigenvalue weighted by Crippen LogP contribution is -2.26. The molecule has 0 rings (SSSR count). The summed E-state index contributed by atoms with van der Waals surface area (Å²) in [4.78, 5) is 11.4. The summed E-state index contributed by atoms with van der Waals surface area (Å²) in [5.41, 5.74) is 1.85. The summed E-state index contributed by atoms with van der Waals surface area (Å²) in [7, 11) is 0. The fraction of sp³-hybridized carbons (Fsp3) is 0.417. The second kappa shape index (κ2) is 6.19. The molecule has 0 aliphatic rings. The lowest BCUT2D eigenvalue weighted by atomic mass is 10.2. The van der Waals surface area contributed by atoms with Crippen molar-refractivity contribution < 1.29 is 4.79 Å². The molecular formula is C12H19NO. The number of hydrogen-bond acceptors (Lipinski definition) is 1. The van der Waals surface area contributed by atoms with Crippen molar-refractivity contribution in [2.45, 2.75) is 27.7 Å². The lowest BCUT2D eigenvalue weighted by Gasteiger charge is -2.08. The molecule has 0 saturated carbocycles. The van der Waals surface area contributed by atoms with E-state index in [2.05, 4.69) is 11.9 Å². The van der Waals surface area contributed by atoms with Gasteiger partial charge in [-0.1, -0.05) is 32.6 Å². The van der Waals surface area contributed by atoms with Crippen LogP contribution in [0.5, 0.6) is 0 Å². The molecule has 78 valence electrons. The predicted molar refractivity (Wildman–Crippen MR) is 60.7 cm³/mol. The quantitative estimate of drug-likeness (QED) is 0.683. The first kappa shape index (κ1) is 12.7. The number of rotatable bonds is 4. The zero-order chi connectivity index (χ0) is 11.1. The van der Waals surface area contributed by atoms with Crippen LogP contribution < -0.4 is 5.32 Å².